The fourth-order valence-corrected chi connectivity index (χ4v) is 3.69. The number of hydrogen-bond acceptors (Lipinski definition) is 5. The van der Waals surface area contributed by atoms with Crippen LogP contribution in [0.15, 0.2) is 23.1 Å². The van der Waals surface area contributed by atoms with E-state index in [0.717, 1.165) is 12.1 Å². The highest BCUT2D eigenvalue weighted by molar-refractivity contribution is 7.89. The molecule has 0 aromatic heterocycles. The molecule has 2 unspecified atom stereocenters. The average molecular weight is 304 g/mol. The van der Waals surface area contributed by atoms with Gasteiger partial charge in [-0.05, 0) is 18.2 Å². The topological polar surface area (TPSA) is 81.9 Å². The molecule has 1 aromatic rings. The van der Waals surface area contributed by atoms with Crippen molar-refractivity contribution in [2.75, 3.05) is 33.0 Å². The maximum atomic E-state index is 13.1. The molecule has 1 saturated heterocycles. The smallest absolute Gasteiger partial charge is 0.243 e. The number of nitrogen functional groups attached to an aromatic ring is 1. The van der Waals surface area contributed by atoms with Crippen molar-refractivity contribution < 1.29 is 22.3 Å². The van der Waals surface area contributed by atoms with Gasteiger partial charge in [-0.1, -0.05) is 0 Å². The molecule has 0 radical (unpaired) electrons. The highest BCUT2D eigenvalue weighted by Crippen LogP contribution is 2.25. The Kier molecular flexibility index (Phi) is 4.28. The zero-order chi connectivity index (χ0) is 14.9. The van der Waals surface area contributed by atoms with Crippen LogP contribution in [0.3, 0.4) is 0 Å². The van der Waals surface area contributed by atoms with Crippen molar-refractivity contribution in [3.63, 3.8) is 0 Å². The van der Waals surface area contributed by atoms with Gasteiger partial charge in [-0.3, -0.25) is 0 Å². The normalized spacial score (nSPS) is 24.1. The van der Waals surface area contributed by atoms with E-state index < -0.39 is 15.8 Å². The lowest BCUT2D eigenvalue weighted by atomic mass is 10.3. The van der Waals surface area contributed by atoms with E-state index in [1.54, 1.807) is 0 Å². The molecule has 1 heterocycles. The van der Waals surface area contributed by atoms with Crippen molar-refractivity contribution in [1.82, 2.24) is 4.31 Å². The van der Waals surface area contributed by atoms with Crippen molar-refractivity contribution in [3.05, 3.63) is 24.0 Å². The van der Waals surface area contributed by atoms with E-state index in [9.17, 15) is 12.8 Å². The lowest BCUT2D eigenvalue weighted by molar-refractivity contribution is -0.00461. The number of nitrogens with two attached hydrogens (primary N) is 1. The Hall–Kier alpha value is -1.22. The molecule has 0 aliphatic carbocycles. The number of halogens is 1. The molecule has 112 valence electrons. The van der Waals surface area contributed by atoms with Crippen LogP contribution < -0.4 is 5.73 Å². The van der Waals surface area contributed by atoms with Crippen molar-refractivity contribution in [2.24, 2.45) is 0 Å². The summed E-state index contributed by atoms with van der Waals surface area (Å²) in [5.74, 6) is -0.644. The SMILES string of the molecule is COC1CN(S(=O)(=O)c2ccc(F)c(N)c2)CC1OC. The van der Waals surface area contributed by atoms with E-state index in [1.165, 1.54) is 24.6 Å². The van der Waals surface area contributed by atoms with Gasteiger partial charge in [-0.15, -0.1) is 0 Å². The number of ether oxygens (including phenoxy) is 2. The zero-order valence-corrected chi connectivity index (χ0v) is 12.1. The Morgan fingerprint density at radius 1 is 1.25 bits per heavy atom. The van der Waals surface area contributed by atoms with Gasteiger partial charge in [-0.25, -0.2) is 12.8 Å². The number of sulfonamides is 1. The minimum absolute atomic E-state index is 0.0389. The van der Waals surface area contributed by atoms with Gasteiger partial charge >= 0.3 is 0 Å². The molecular formula is C12H17FN2O4S. The lowest BCUT2D eigenvalue weighted by Gasteiger charge is -2.16. The molecule has 0 amide bonds. The minimum atomic E-state index is -3.74. The van der Waals surface area contributed by atoms with Gasteiger partial charge in [0, 0.05) is 27.3 Å². The molecule has 2 N–H and O–H groups in total. The number of anilines is 1. The molecule has 1 fully saturated rings. The highest BCUT2D eigenvalue weighted by Gasteiger charge is 2.39. The molecule has 0 spiro atoms. The number of hydrogen-bond donors (Lipinski definition) is 1. The summed E-state index contributed by atoms with van der Waals surface area (Å²) >= 11 is 0. The van der Waals surface area contributed by atoms with Crippen LogP contribution in [0.1, 0.15) is 0 Å². The lowest BCUT2D eigenvalue weighted by Crippen LogP contribution is -2.30. The van der Waals surface area contributed by atoms with Gasteiger partial charge in [0.25, 0.3) is 0 Å². The van der Waals surface area contributed by atoms with Crippen LogP contribution >= 0.6 is 0 Å². The Morgan fingerprint density at radius 3 is 2.25 bits per heavy atom. The van der Waals surface area contributed by atoms with Crippen LogP contribution in [0, 0.1) is 5.82 Å². The van der Waals surface area contributed by atoms with E-state index in [-0.39, 0.29) is 35.9 Å². The summed E-state index contributed by atoms with van der Waals surface area (Å²) in [6.07, 6.45) is -0.653. The summed E-state index contributed by atoms with van der Waals surface area (Å²) in [7, 11) is -0.732. The van der Waals surface area contributed by atoms with Crippen LogP contribution in [0.4, 0.5) is 10.1 Å². The third-order valence-electron chi connectivity index (χ3n) is 3.39. The maximum absolute atomic E-state index is 13.1. The molecule has 1 aromatic carbocycles. The first-order valence-electron chi connectivity index (χ1n) is 6.01. The fourth-order valence-electron chi connectivity index (χ4n) is 2.19. The van der Waals surface area contributed by atoms with Crippen LogP contribution in [0.25, 0.3) is 0 Å². The molecule has 2 rings (SSSR count). The Labute approximate surface area is 117 Å². The molecule has 0 bridgehead atoms. The van der Waals surface area contributed by atoms with Crippen LogP contribution in [0.5, 0.6) is 0 Å². The third-order valence-corrected chi connectivity index (χ3v) is 5.22. The minimum Gasteiger partial charge on any atom is -0.396 e. The Morgan fingerprint density at radius 2 is 1.80 bits per heavy atom. The predicted molar refractivity (Wildman–Crippen MR) is 71.2 cm³/mol. The number of methoxy groups -OCH3 is 2. The second kappa shape index (κ2) is 5.65. The third kappa shape index (κ3) is 2.64. The van der Waals surface area contributed by atoms with Gasteiger partial charge in [0.1, 0.15) is 5.82 Å². The first-order chi connectivity index (χ1) is 9.40. The summed E-state index contributed by atoms with van der Waals surface area (Å²) in [6.45, 7) is 0.378. The van der Waals surface area contributed by atoms with Crippen molar-refractivity contribution in [3.8, 4) is 0 Å². The number of rotatable bonds is 4. The Bertz CT molecular complexity index is 581. The van der Waals surface area contributed by atoms with Gasteiger partial charge in [0.15, 0.2) is 0 Å². The molecule has 6 nitrogen and oxygen atoms in total. The fraction of sp³-hybridized carbons (Fsp3) is 0.500. The summed E-state index contributed by atoms with van der Waals surface area (Å²) < 4.78 is 49.7. The molecule has 20 heavy (non-hydrogen) atoms. The first-order valence-corrected chi connectivity index (χ1v) is 7.45. The highest BCUT2D eigenvalue weighted by atomic mass is 32.2. The van der Waals surface area contributed by atoms with Crippen LogP contribution in [0.2, 0.25) is 0 Å². The average Bonchev–Trinajstić information content (AvgIpc) is 2.85. The molecule has 1 aliphatic rings. The summed E-state index contributed by atoms with van der Waals surface area (Å²) in [4.78, 5) is -0.0389. The number of benzene rings is 1. The molecule has 0 saturated carbocycles. The zero-order valence-electron chi connectivity index (χ0n) is 11.2. The van der Waals surface area contributed by atoms with Gasteiger partial charge in [0.2, 0.25) is 10.0 Å². The van der Waals surface area contributed by atoms with Gasteiger partial charge in [0.05, 0.1) is 22.8 Å². The summed E-state index contributed by atoms with van der Waals surface area (Å²) in [5.41, 5.74) is 5.22. The van der Waals surface area contributed by atoms with Crippen molar-refractivity contribution >= 4 is 15.7 Å². The molecule has 2 atom stereocenters. The van der Waals surface area contributed by atoms with Crippen molar-refractivity contribution in [2.45, 2.75) is 17.1 Å². The molecular weight excluding hydrogens is 287 g/mol. The van der Waals surface area contributed by atoms with E-state index in [0.29, 0.717) is 0 Å². The van der Waals surface area contributed by atoms with E-state index in [2.05, 4.69) is 0 Å². The van der Waals surface area contributed by atoms with E-state index in [1.807, 2.05) is 0 Å². The monoisotopic (exact) mass is 304 g/mol. The molecule has 8 heteroatoms. The second-order valence-corrected chi connectivity index (χ2v) is 6.49. The first kappa shape index (κ1) is 15.2. The maximum Gasteiger partial charge on any atom is 0.243 e. The van der Waals surface area contributed by atoms with E-state index in [4.69, 9.17) is 15.2 Å². The quantitative estimate of drug-likeness (QED) is 0.816. The predicted octanol–water partition coefficient (Wildman–Crippen LogP) is 0.442. The largest absolute Gasteiger partial charge is 0.396 e. The van der Waals surface area contributed by atoms with Crippen molar-refractivity contribution in [1.29, 1.82) is 0 Å². The van der Waals surface area contributed by atoms with Crippen LogP contribution in [-0.2, 0) is 19.5 Å². The Balaban J connectivity index is 2.29. The second-order valence-electron chi connectivity index (χ2n) is 4.55. The standard InChI is InChI=1S/C12H17FN2O4S/c1-18-11-6-15(7-12(11)19-2)20(16,17)8-3-4-9(13)10(14)5-8/h3-5,11-12H,6-7,14H2,1-2H3. The number of nitrogens with zero attached hydrogens (tertiary/aromatic N) is 1. The molecule has 1 aliphatic heterocycles. The van der Waals surface area contributed by atoms with Gasteiger partial charge < -0.3 is 15.2 Å². The summed E-state index contributed by atoms with van der Waals surface area (Å²) in [6, 6.07) is 3.36. The van der Waals surface area contributed by atoms with Crippen LogP contribution in [-0.4, -0.2) is 52.2 Å². The van der Waals surface area contributed by atoms with Gasteiger partial charge in [-0.2, -0.15) is 4.31 Å². The summed E-state index contributed by atoms with van der Waals surface area (Å²) in [5, 5.41) is 0. The van der Waals surface area contributed by atoms with E-state index >= 15 is 0 Å².